The van der Waals surface area contributed by atoms with E-state index in [0.29, 0.717) is 0 Å². The van der Waals surface area contributed by atoms with Crippen molar-refractivity contribution in [3.63, 3.8) is 0 Å². The Morgan fingerprint density at radius 2 is 1.52 bits per heavy atom. The zero-order valence-corrected chi connectivity index (χ0v) is 17.2. The highest BCUT2D eigenvalue weighted by atomic mass is 16.5. The summed E-state index contributed by atoms with van der Waals surface area (Å²) in [6, 6.07) is 31.0. The van der Waals surface area contributed by atoms with E-state index in [0.717, 1.165) is 33.3 Å². The van der Waals surface area contributed by atoms with Crippen molar-refractivity contribution in [1.29, 1.82) is 0 Å². The summed E-state index contributed by atoms with van der Waals surface area (Å²) < 4.78 is 5.29. The molecule has 4 nitrogen and oxygen atoms in total. The summed E-state index contributed by atoms with van der Waals surface area (Å²) >= 11 is 0. The van der Waals surface area contributed by atoms with Crippen LogP contribution in [-0.4, -0.2) is 18.1 Å². The fraction of sp³-hybridized carbons (Fsp3) is 0.148. The molecule has 0 aromatic heterocycles. The number of aliphatic hydroxyl groups excluding tert-OH is 1. The molecule has 1 saturated heterocycles. The van der Waals surface area contributed by atoms with Gasteiger partial charge >= 0.3 is 0 Å². The van der Waals surface area contributed by atoms with E-state index in [9.17, 15) is 9.90 Å². The average molecular weight is 409 g/mol. The van der Waals surface area contributed by atoms with Crippen molar-refractivity contribution in [3.05, 3.63) is 108 Å². The highest BCUT2D eigenvalue weighted by molar-refractivity contribution is 6.03. The van der Waals surface area contributed by atoms with Gasteiger partial charge in [-0.15, -0.1) is 0 Å². The molecular formula is C27H23NO3. The monoisotopic (exact) mass is 409 g/mol. The van der Waals surface area contributed by atoms with Crippen LogP contribution in [-0.2, 0) is 4.79 Å². The second-order valence-corrected chi connectivity index (χ2v) is 7.84. The summed E-state index contributed by atoms with van der Waals surface area (Å²) in [4.78, 5) is 15.1. The molecule has 4 heteroatoms. The van der Waals surface area contributed by atoms with E-state index in [-0.39, 0.29) is 11.9 Å². The average Bonchev–Trinajstić information content (AvgIpc) is 2.83. The maximum atomic E-state index is 13.3. The van der Waals surface area contributed by atoms with Gasteiger partial charge in [0.2, 0.25) is 5.91 Å². The smallest absolute Gasteiger partial charge is 0.236 e. The Hall–Kier alpha value is -3.63. The molecule has 1 aliphatic rings. The first-order valence-electron chi connectivity index (χ1n) is 10.4. The van der Waals surface area contributed by atoms with Crippen molar-refractivity contribution in [2.45, 2.75) is 12.1 Å². The summed E-state index contributed by atoms with van der Waals surface area (Å²) in [6.45, 7) is 0. The highest BCUT2D eigenvalue weighted by Crippen LogP contribution is 2.49. The number of β-lactam (4-membered cyclic amide) rings is 1. The van der Waals surface area contributed by atoms with E-state index in [1.54, 1.807) is 12.0 Å². The normalized spacial score (nSPS) is 19.2. The lowest BCUT2D eigenvalue weighted by molar-refractivity contribution is -0.136. The largest absolute Gasteiger partial charge is 0.497 e. The number of anilines is 1. The number of nitrogens with zero attached hydrogens (tertiary/aromatic N) is 1. The molecule has 4 aromatic rings. The molecule has 3 atom stereocenters. The summed E-state index contributed by atoms with van der Waals surface area (Å²) in [5.41, 5.74) is 2.55. The third-order valence-electron chi connectivity index (χ3n) is 6.09. The van der Waals surface area contributed by atoms with Gasteiger partial charge in [-0.25, -0.2) is 0 Å². The lowest BCUT2D eigenvalue weighted by Gasteiger charge is -2.49. The van der Waals surface area contributed by atoms with Gasteiger partial charge in [-0.1, -0.05) is 66.7 Å². The predicted molar refractivity (Wildman–Crippen MR) is 122 cm³/mol. The molecule has 0 radical (unpaired) electrons. The Balaban J connectivity index is 1.54. The molecule has 5 rings (SSSR count). The number of fused-ring (bicyclic) bond motifs is 1. The van der Waals surface area contributed by atoms with E-state index in [2.05, 4.69) is 0 Å². The lowest BCUT2D eigenvalue weighted by Crippen LogP contribution is -2.57. The predicted octanol–water partition coefficient (Wildman–Crippen LogP) is 5.29. The molecule has 0 aliphatic carbocycles. The Bertz CT molecular complexity index is 1220. The Morgan fingerprint density at radius 3 is 2.23 bits per heavy atom. The number of para-hydroxylation sites is 1. The molecule has 1 fully saturated rings. The SMILES string of the molecule is COc1ccc(C2C([C@H](O)c3ccc4ccccc4c3)C(=O)N2c2ccccc2)cc1. The van der Waals surface area contributed by atoms with Crippen molar-refractivity contribution in [2.24, 2.45) is 5.92 Å². The van der Waals surface area contributed by atoms with Crippen LogP contribution < -0.4 is 9.64 Å². The van der Waals surface area contributed by atoms with Gasteiger partial charge in [0.1, 0.15) is 5.75 Å². The molecule has 1 amide bonds. The second kappa shape index (κ2) is 7.89. The third kappa shape index (κ3) is 3.35. The van der Waals surface area contributed by atoms with Crippen LogP contribution in [0.3, 0.4) is 0 Å². The second-order valence-electron chi connectivity index (χ2n) is 7.84. The van der Waals surface area contributed by atoms with Crippen LogP contribution in [0.25, 0.3) is 10.8 Å². The Kier molecular flexibility index (Phi) is 4.92. The van der Waals surface area contributed by atoms with Crippen LogP contribution in [0.15, 0.2) is 97.1 Å². The topological polar surface area (TPSA) is 49.8 Å². The molecule has 4 aromatic carbocycles. The number of carbonyl (C=O) groups is 1. The number of hydrogen-bond acceptors (Lipinski definition) is 3. The number of rotatable bonds is 5. The Labute approximate surface area is 181 Å². The molecule has 0 saturated carbocycles. The van der Waals surface area contributed by atoms with E-state index in [1.165, 1.54) is 0 Å². The van der Waals surface area contributed by atoms with Crippen molar-refractivity contribution in [1.82, 2.24) is 0 Å². The molecule has 1 heterocycles. The molecule has 154 valence electrons. The van der Waals surface area contributed by atoms with Crippen molar-refractivity contribution >= 4 is 22.4 Å². The zero-order valence-electron chi connectivity index (χ0n) is 17.2. The number of benzene rings is 4. The minimum atomic E-state index is -0.899. The first-order valence-corrected chi connectivity index (χ1v) is 10.4. The first kappa shape index (κ1) is 19.3. The van der Waals surface area contributed by atoms with Gasteiger partial charge in [-0.2, -0.15) is 0 Å². The van der Waals surface area contributed by atoms with Crippen molar-refractivity contribution < 1.29 is 14.6 Å². The number of carbonyl (C=O) groups excluding carboxylic acids is 1. The van der Waals surface area contributed by atoms with Gasteiger partial charge in [0.25, 0.3) is 0 Å². The third-order valence-corrected chi connectivity index (χ3v) is 6.09. The number of aliphatic hydroxyl groups is 1. The van der Waals surface area contributed by atoms with E-state index < -0.39 is 12.0 Å². The summed E-state index contributed by atoms with van der Waals surface area (Å²) in [5, 5.41) is 13.5. The fourth-order valence-corrected chi connectivity index (χ4v) is 4.45. The molecule has 0 spiro atoms. The first-order chi connectivity index (χ1) is 15.2. The van der Waals surface area contributed by atoms with Crippen LogP contribution in [0.5, 0.6) is 5.75 Å². The molecule has 2 unspecified atom stereocenters. The number of amides is 1. The molecule has 31 heavy (non-hydrogen) atoms. The quantitative estimate of drug-likeness (QED) is 0.456. The highest BCUT2D eigenvalue weighted by Gasteiger charge is 2.52. The van der Waals surface area contributed by atoms with Crippen LogP contribution in [0.2, 0.25) is 0 Å². The van der Waals surface area contributed by atoms with Crippen LogP contribution in [0.4, 0.5) is 5.69 Å². The van der Waals surface area contributed by atoms with Crippen LogP contribution >= 0.6 is 0 Å². The lowest BCUT2D eigenvalue weighted by atomic mass is 9.76. The number of hydrogen-bond donors (Lipinski definition) is 1. The molecule has 0 bridgehead atoms. The zero-order chi connectivity index (χ0) is 21.4. The Morgan fingerprint density at radius 1 is 0.839 bits per heavy atom. The van der Waals surface area contributed by atoms with Gasteiger partial charge in [-0.05, 0) is 52.2 Å². The van der Waals surface area contributed by atoms with Gasteiger partial charge < -0.3 is 14.7 Å². The van der Waals surface area contributed by atoms with Gasteiger partial charge in [0.15, 0.2) is 0 Å². The minimum Gasteiger partial charge on any atom is -0.497 e. The van der Waals surface area contributed by atoms with Gasteiger partial charge in [-0.3, -0.25) is 4.79 Å². The molecule has 1 aliphatic heterocycles. The van der Waals surface area contributed by atoms with Crippen molar-refractivity contribution in [3.8, 4) is 5.75 Å². The van der Waals surface area contributed by atoms with Crippen LogP contribution in [0.1, 0.15) is 23.3 Å². The van der Waals surface area contributed by atoms with Crippen LogP contribution in [0, 0.1) is 5.92 Å². The van der Waals surface area contributed by atoms with Crippen molar-refractivity contribution in [2.75, 3.05) is 12.0 Å². The fourth-order valence-electron chi connectivity index (χ4n) is 4.45. The van der Waals surface area contributed by atoms with E-state index in [1.807, 2.05) is 97.1 Å². The minimum absolute atomic E-state index is 0.0762. The number of ether oxygens (including phenoxy) is 1. The summed E-state index contributed by atoms with van der Waals surface area (Å²) in [7, 11) is 1.63. The summed E-state index contributed by atoms with van der Waals surface area (Å²) in [5.74, 6) is 0.120. The van der Waals surface area contributed by atoms with Gasteiger partial charge in [0, 0.05) is 5.69 Å². The summed E-state index contributed by atoms with van der Waals surface area (Å²) in [6.07, 6.45) is -0.899. The maximum Gasteiger partial charge on any atom is 0.236 e. The number of methoxy groups -OCH3 is 1. The maximum absolute atomic E-state index is 13.3. The standard InChI is InChI=1S/C27H23NO3/c1-31-23-15-13-19(14-16-23)25-24(27(30)28(25)22-9-3-2-4-10-22)26(29)21-12-11-18-7-5-6-8-20(18)17-21/h2-17,24-26,29H,1H3/t24?,25?,26-/m1/s1. The molecule has 1 N–H and O–H groups in total. The van der Waals surface area contributed by atoms with E-state index >= 15 is 0 Å². The van der Waals surface area contributed by atoms with E-state index in [4.69, 9.17) is 4.74 Å². The van der Waals surface area contributed by atoms with Gasteiger partial charge in [0.05, 0.1) is 25.2 Å². The molecular weight excluding hydrogens is 386 g/mol.